The molecule has 2 aromatic carbocycles. The van der Waals surface area contributed by atoms with Gasteiger partial charge in [0.05, 0.1) is 22.6 Å². The Hall–Kier alpha value is -2.21. The minimum Gasteiger partial charge on any atom is -0.218 e. The van der Waals surface area contributed by atoms with Crippen LogP contribution in [0.5, 0.6) is 0 Å². The van der Waals surface area contributed by atoms with E-state index in [9.17, 15) is 4.39 Å². The molecule has 0 fully saturated rings. The summed E-state index contributed by atoms with van der Waals surface area (Å²) in [5, 5.41) is 8.10. The van der Waals surface area contributed by atoms with E-state index < -0.39 is 0 Å². The lowest BCUT2D eigenvalue weighted by Crippen LogP contribution is -1.98. The first-order valence-corrected chi connectivity index (χ1v) is 8.97. The summed E-state index contributed by atoms with van der Waals surface area (Å²) in [6, 6.07) is 13.4. The molecule has 4 rings (SSSR count). The Morgan fingerprint density at radius 2 is 1.80 bits per heavy atom. The van der Waals surface area contributed by atoms with Crippen molar-refractivity contribution in [3.8, 4) is 27.6 Å². The number of benzene rings is 2. The molecule has 0 amide bonds. The van der Waals surface area contributed by atoms with E-state index >= 15 is 0 Å². The quantitative estimate of drug-likeness (QED) is 0.423. The molecule has 0 N–H and O–H groups in total. The highest BCUT2D eigenvalue weighted by atomic mass is 35.5. The third kappa shape index (κ3) is 3.18. The molecule has 2 aromatic heterocycles. The predicted octanol–water partition coefficient (Wildman–Crippen LogP) is 6.11. The van der Waals surface area contributed by atoms with Gasteiger partial charge in [0, 0.05) is 21.5 Å². The van der Waals surface area contributed by atoms with Crippen LogP contribution in [0.3, 0.4) is 0 Å². The first kappa shape index (κ1) is 16.3. The van der Waals surface area contributed by atoms with Crippen molar-refractivity contribution in [2.45, 2.75) is 0 Å². The minimum atomic E-state index is -0.272. The molecule has 4 aromatic rings. The highest BCUT2D eigenvalue weighted by Crippen LogP contribution is 2.33. The first-order chi connectivity index (χ1) is 12.1. The molecule has 0 radical (unpaired) electrons. The molecular weight excluding hydrogens is 380 g/mol. The van der Waals surface area contributed by atoms with Crippen molar-refractivity contribution in [1.82, 2.24) is 14.8 Å². The lowest BCUT2D eigenvalue weighted by Gasteiger charge is -2.06. The van der Waals surface area contributed by atoms with Crippen LogP contribution in [-0.2, 0) is 0 Å². The van der Waals surface area contributed by atoms with Gasteiger partial charge in [-0.2, -0.15) is 5.10 Å². The molecule has 124 valence electrons. The van der Waals surface area contributed by atoms with Gasteiger partial charge < -0.3 is 0 Å². The van der Waals surface area contributed by atoms with Gasteiger partial charge >= 0.3 is 0 Å². The summed E-state index contributed by atoms with van der Waals surface area (Å²) in [6.45, 7) is 0. The zero-order valence-corrected chi connectivity index (χ0v) is 15.0. The lowest BCUT2D eigenvalue weighted by molar-refractivity contribution is 0.628. The van der Waals surface area contributed by atoms with Crippen LogP contribution in [0.1, 0.15) is 0 Å². The number of hydrogen-bond acceptors (Lipinski definition) is 3. The van der Waals surface area contributed by atoms with Crippen molar-refractivity contribution in [3.05, 3.63) is 76.0 Å². The fourth-order valence-corrected chi connectivity index (χ4v) is 3.78. The largest absolute Gasteiger partial charge is 0.218 e. The normalized spacial score (nSPS) is 11.0. The first-order valence-electron chi connectivity index (χ1n) is 7.33. The van der Waals surface area contributed by atoms with Crippen LogP contribution in [0.15, 0.2) is 60.1 Å². The maximum atomic E-state index is 13.1. The molecule has 0 aliphatic rings. The molecule has 2 heterocycles. The van der Waals surface area contributed by atoms with Gasteiger partial charge in [-0.1, -0.05) is 23.2 Å². The third-order valence-electron chi connectivity index (χ3n) is 3.66. The molecule has 0 unspecified atom stereocenters. The molecule has 0 spiro atoms. The lowest BCUT2D eigenvalue weighted by atomic mass is 10.1. The molecule has 3 nitrogen and oxygen atoms in total. The fraction of sp³-hybridized carbons (Fsp3) is 0. The fourth-order valence-electron chi connectivity index (χ4n) is 2.47. The maximum Gasteiger partial charge on any atom is 0.211 e. The van der Waals surface area contributed by atoms with Gasteiger partial charge in [-0.25, -0.2) is 14.1 Å². The molecule has 25 heavy (non-hydrogen) atoms. The van der Waals surface area contributed by atoms with Crippen LogP contribution in [0.2, 0.25) is 10.0 Å². The van der Waals surface area contributed by atoms with E-state index in [1.54, 1.807) is 35.1 Å². The summed E-state index contributed by atoms with van der Waals surface area (Å²) in [5.41, 5.74) is 3.26. The smallest absolute Gasteiger partial charge is 0.211 e. The highest BCUT2D eigenvalue weighted by Gasteiger charge is 2.14. The third-order valence-corrected chi connectivity index (χ3v) is 5.03. The van der Waals surface area contributed by atoms with Crippen molar-refractivity contribution in [1.29, 1.82) is 0 Å². The van der Waals surface area contributed by atoms with E-state index in [0.717, 1.165) is 22.5 Å². The summed E-state index contributed by atoms with van der Waals surface area (Å²) < 4.78 is 14.8. The topological polar surface area (TPSA) is 30.7 Å². The minimum absolute atomic E-state index is 0.272. The second-order valence-electron chi connectivity index (χ2n) is 5.27. The van der Waals surface area contributed by atoms with Crippen molar-refractivity contribution in [3.63, 3.8) is 0 Å². The molecule has 0 saturated carbocycles. The average molecular weight is 390 g/mol. The van der Waals surface area contributed by atoms with Crippen molar-refractivity contribution < 1.29 is 4.39 Å². The number of hydrogen-bond donors (Lipinski definition) is 0. The van der Waals surface area contributed by atoms with Crippen molar-refractivity contribution in [2.75, 3.05) is 0 Å². The Labute approximate surface area is 157 Å². The van der Waals surface area contributed by atoms with E-state index in [2.05, 4.69) is 10.1 Å². The van der Waals surface area contributed by atoms with Gasteiger partial charge in [0.15, 0.2) is 0 Å². The molecule has 0 aliphatic heterocycles. The number of aromatic nitrogens is 3. The van der Waals surface area contributed by atoms with Crippen LogP contribution in [0.4, 0.5) is 4.39 Å². The van der Waals surface area contributed by atoms with Crippen LogP contribution in [0.25, 0.3) is 27.6 Å². The predicted molar refractivity (Wildman–Crippen MR) is 100 cm³/mol. The monoisotopic (exact) mass is 389 g/mol. The average Bonchev–Trinajstić information content (AvgIpc) is 3.24. The van der Waals surface area contributed by atoms with E-state index in [1.807, 2.05) is 17.5 Å². The van der Waals surface area contributed by atoms with E-state index in [0.29, 0.717) is 15.2 Å². The second-order valence-corrected chi connectivity index (χ2v) is 6.95. The van der Waals surface area contributed by atoms with Gasteiger partial charge in [0.2, 0.25) is 5.13 Å². The van der Waals surface area contributed by atoms with E-state index in [-0.39, 0.29) is 5.82 Å². The molecule has 0 atom stereocenters. The summed E-state index contributed by atoms with van der Waals surface area (Å²) in [7, 11) is 0. The Morgan fingerprint density at radius 1 is 1.00 bits per heavy atom. The van der Waals surface area contributed by atoms with Gasteiger partial charge in [0.25, 0.3) is 0 Å². The van der Waals surface area contributed by atoms with Gasteiger partial charge in [-0.05, 0) is 48.5 Å². The zero-order chi connectivity index (χ0) is 17.4. The van der Waals surface area contributed by atoms with Crippen LogP contribution < -0.4 is 0 Å². The number of halogens is 3. The van der Waals surface area contributed by atoms with Crippen molar-refractivity contribution in [2.24, 2.45) is 0 Å². The Bertz CT molecular complexity index is 1040. The van der Waals surface area contributed by atoms with E-state index in [4.69, 9.17) is 23.2 Å². The van der Waals surface area contributed by atoms with Crippen LogP contribution in [-0.4, -0.2) is 14.8 Å². The molecule has 0 aliphatic carbocycles. The van der Waals surface area contributed by atoms with Gasteiger partial charge in [-0.15, -0.1) is 11.3 Å². The van der Waals surface area contributed by atoms with Gasteiger partial charge in [-0.3, -0.25) is 0 Å². The molecule has 7 heteroatoms. The summed E-state index contributed by atoms with van der Waals surface area (Å²) >= 11 is 13.7. The second kappa shape index (κ2) is 6.59. The number of rotatable bonds is 3. The van der Waals surface area contributed by atoms with E-state index in [1.165, 1.54) is 23.5 Å². The summed E-state index contributed by atoms with van der Waals surface area (Å²) in [6.07, 6.45) is 1.69. The molecular formula is C18H10Cl2FN3S. The zero-order valence-electron chi connectivity index (χ0n) is 12.7. The van der Waals surface area contributed by atoms with Crippen molar-refractivity contribution >= 4 is 34.5 Å². The van der Waals surface area contributed by atoms with Crippen LogP contribution in [0, 0.1) is 5.82 Å². The Kier molecular flexibility index (Phi) is 4.29. The standard InChI is InChI=1S/C18H10Cl2FN3S/c19-12-3-6-14(15(20)9-12)17-7-8-22-24(17)18-23-16(10-25-18)11-1-4-13(21)5-2-11/h1-10H. The Morgan fingerprint density at radius 3 is 2.56 bits per heavy atom. The maximum absolute atomic E-state index is 13.1. The number of nitrogens with zero attached hydrogens (tertiary/aromatic N) is 3. The molecule has 0 bridgehead atoms. The summed E-state index contributed by atoms with van der Waals surface area (Å²) in [4.78, 5) is 4.61. The SMILES string of the molecule is Fc1ccc(-c2csc(-n3nccc3-c3ccc(Cl)cc3Cl)n2)cc1. The van der Waals surface area contributed by atoms with Crippen LogP contribution >= 0.6 is 34.5 Å². The van der Waals surface area contributed by atoms with Gasteiger partial charge in [0.1, 0.15) is 5.82 Å². The Balaban J connectivity index is 1.75. The highest BCUT2D eigenvalue weighted by molar-refractivity contribution is 7.12. The summed E-state index contributed by atoms with van der Waals surface area (Å²) in [5.74, 6) is -0.272. The molecule has 0 saturated heterocycles. The number of thiazole rings is 1.